The monoisotopic (exact) mass is 516 g/mol. The molecule has 188 valence electrons. The Bertz CT molecular complexity index is 1540. The van der Waals surface area contributed by atoms with Crippen molar-refractivity contribution in [1.82, 2.24) is 20.2 Å². The zero-order chi connectivity index (χ0) is 25.7. The van der Waals surface area contributed by atoms with Gasteiger partial charge in [-0.2, -0.15) is 0 Å². The van der Waals surface area contributed by atoms with Gasteiger partial charge in [0, 0.05) is 24.5 Å². The molecule has 1 N–H and O–H groups in total. The van der Waals surface area contributed by atoms with Crippen LogP contribution in [0.15, 0.2) is 54.6 Å². The van der Waals surface area contributed by atoms with Gasteiger partial charge in [-0.25, -0.2) is 14.4 Å². The maximum Gasteiger partial charge on any atom is 0.274 e. The number of benzene rings is 2. The normalized spacial score (nSPS) is 20.1. The number of para-hydroxylation sites is 1. The molecule has 0 bridgehead atoms. The van der Waals surface area contributed by atoms with Crippen LogP contribution in [0.5, 0.6) is 5.75 Å². The van der Waals surface area contributed by atoms with Crippen molar-refractivity contribution in [2.24, 2.45) is 11.8 Å². The van der Waals surface area contributed by atoms with Crippen LogP contribution >= 0.6 is 11.3 Å². The zero-order valence-electron chi connectivity index (χ0n) is 20.4. The van der Waals surface area contributed by atoms with Crippen molar-refractivity contribution in [1.29, 1.82) is 0 Å². The van der Waals surface area contributed by atoms with Gasteiger partial charge < -0.3 is 15.0 Å². The number of methoxy groups -OCH3 is 1. The minimum absolute atomic E-state index is 0.133. The van der Waals surface area contributed by atoms with Crippen molar-refractivity contribution in [2.75, 3.05) is 20.2 Å². The van der Waals surface area contributed by atoms with Crippen LogP contribution < -0.4 is 10.1 Å². The van der Waals surface area contributed by atoms with Gasteiger partial charge in [0.2, 0.25) is 0 Å². The van der Waals surface area contributed by atoms with Crippen molar-refractivity contribution in [2.45, 2.75) is 19.4 Å². The Hall–Kier alpha value is -3.85. The summed E-state index contributed by atoms with van der Waals surface area (Å²) in [5.41, 5.74) is 1.92. The molecule has 4 aromatic rings. The van der Waals surface area contributed by atoms with Crippen LogP contribution in [0.2, 0.25) is 0 Å². The second-order valence-electron chi connectivity index (χ2n) is 9.54. The maximum atomic E-state index is 13.9. The molecule has 1 saturated carbocycles. The quantitative estimate of drug-likeness (QED) is 0.402. The molecule has 3 atom stereocenters. The smallest absolute Gasteiger partial charge is 0.274 e. The van der Waals surface area contributed by atoms with E-state index >= 15 is 0 Å². The van der Waals surface area contributed by atoms with Crippen LogP contribution in [0.1, 0.15) is 32.4 Å². The summed E-state index contributed by atoms with van der Waals surface area (Å²) in [6.07, 6.45) is 1.04. The number of fused-ring (bicyclic) bond motifs is 2. The molecule has 7 nitrogen and oxygen atoms in total. The number of carbonyl (C=O) groups excluding carboxylic acids is 2. The Morgan fingerprint density at radius 1 is 1.16 bits per heavy atom. The zero-order valence-corrected chi connectivity index (χ0v) is 21.2. The van der Waals surface area contributed by atoms with E-state index in [4.69, 9.17) is 4.74 Å². The number of hydrogen-bond donors (Lipinski definition) is 1. The molecule has 2 fully saturated rings. The number of carbonyl (C=O) groups is 2. The van der Waals surface area contributed by atoms with Crippen LogP contribution in [0.4, 0.5) is 4.39 Å². The number of thiazole rings is 1. The second-order valence-corrected chi connectivity index (χ2v) is 10.7. The standard InChI is InChI=1S/C28H25FN4O3S/c1-15-31-25(26(37-15)16-6-5-7-18(29)10-16)28(35)33-14-17-11-20(17)23(33)13-30-27(34)22-12-24(36-2)19-8-3-4-9-21(19)32-22/h3-10,12,17,20,23H,11,13-14H2,1-2H3,(H,30,34)/t17-,20-,23-/m1/s1. The Kier molecular flexibility index (Phi) is 5.87. The molecule has 37 heavy (non-hydrogen) atoms. The number of piperidine rings is 1. The molecule has 2 aromatic heterocycles. The molecule has 0 unspecified atom stereocenters. The van der Waals surface area contributed by atoms with Crippen LogP contribution in [-0.4, -0.2) is 52.9 Å². The third kappa shape index (κ3) is 4.33. The molecule has 2 amide bonds. The highest BCUT2D eigenvalue weighted by Crippen LogP contribution is 2.50. The lowest BCUT2D eigenvalue weighted by Crippen LogP contribution is -2.45. The molecule has 3 heterocycles. The van der Waals surface area contributed by atoms with Gasteiger partial charge in [-0.05, 0) is 55.0 Å². The van der Waals surface area contributed by atoms with E-state index in [1.807, 2.05) is 36.1 Å². The van der Waals surface area contributed by atoms with E-state index in [0.29, 0.717) is 52.3 Å². The molecule has 1 aliphatic heterocycles. The molecule has 2 aliphatic rings. The summed E-state index contributed by atoms with van der Waals surface area (Å²) < 4.78 is 19.4. The van der Waals surface area contributed by atoms with Crippen LogP contribution in [-0.2, 0) is 0 Å². The Balaban J connectivity index is 1.22. The van der Waals surface area contributed by atoms with E-state index in [9.17, 15) is 14.0 Å². The van der Waals surface area contributed by atoms with Gasteiger partial charge in [0.25, 0.3) is 11.8 Å². The lowest BCUT2D eigenvalue weighted by Gasteiger charge is -2.27. The highest BCUT2D eigenvalue weighted by Gasteiger charge is 2.54. The molecule has 9 heteroatoms. The number of nitrogens with one attached hydrogen (secondary N) is 1. The average Bonchev–Trinajstić information content (AvgIpc) is 3.42. The van der Waals surface area contributed by atoms with Crippen molar-refractivity contribution < 1.29 is 18.7 Å². The number of aryl methyl sites for hydroxylation is 1. The molecule has 1 saturated heterocycles. The Morgan fingerprint density at radius 2 is 2.00 bits per heavy atom. The SMILES string of the molecule is COc1cc(C(=O)NC[C@@H]2[C@@H]3C[C@@H]3CN2C(=O)c2nc(C)sc2-c2cccc(F)c2)nc2ccccc12. The third-order valence-corrected chi connectivity index (χ3v) is 8.21. The molecule has 2 aromatic carbocycles. The van der Waals surface area contributed by atoms with Gasteiger partial charge in [0.05, 0.1) is 28.6 Å². The second kappa shape index (κ2) is 9.23. The number of pyridine rings is 1. The first-order chi connectivity index (χ1) is 17.9. The number of nitrogens with zero attached hydrogens (tertiary/aromatic N) is 3. The van der Waals surface area contributed by atoms with E-state index in [2.05, 4.69) is 15.3 Å². The lowest BCUT2D eigenvalue weighted by molar-refractivity contribution is 0.0690. The summed E-state index contributed by atoms with van der Waals surface area (Å²) >= 11 is 1.38. The van der Waals surface area contributed by atoms with Crippen molar-refractivity contribution in [3.63, 3.8) is 0 Å². The fourth-order valence-corrected chi connectivity index (χ4v) is 6.22. The topological polar surface area (TPSA) is 84.4 Å². The molecule has 0 spiro atoms. The van der Waals surface area contributed by atoms with Crippen molar-refractivity contribution in [3.05, 3.63) is 76.8 Å². The summed E-state index contributed by atoms with van der Waals surface area (Å²) in [6.45, 7) is 2.79. The lowest BCUT2D eigenvalue weighted by atomic mass is 10.1. The number of halogens is 1. The maximum absolute atomic E-state index is 13.9. The van der Waals surface area contributed by atoms with Gasteiger partial charge in [-0.15, -0.1) is 11.3 Å². The fourth-order valence-electron chi connectivity index (χ4n) is 5.32. The van der Waals surface area contributed by atoms with E-state index in [-0.39, 0.29) is 29.4 Å². The predicted octanol–water partition coefficient (Wildman–Crippen LogP) is 4.70. The first-order valence-corrected chi connectivity index (χ1v) is 13.0. The Labute approximate surface area is 217 Å². The first-order valence-electron chi connectivity index (χ1n) is 12.2. The average molecular weight is 517 g/mol. The number of rotatable bonds is 6. The van der Waals surface area contributed by atoms with Gasteiger partial charge in [0.1, 0.15) is 23.0 Å². The summed E-state index contributed by atoms with van der Waals surface area (Å²) in [5, 5.41) is 4.57. The predicted molar refractivity (Wildman–Crippen MR) is 139 cm³/mol. The number of ether oxygens (including phenoxy) is 1. The number of hydrogen-bond acceptors (Lipinski definition) is 6. The van der Waals surface area contributed by atoms with E-state index in [1.165, 1.54) is 23.5 Å². The van der Waals surface area contributed by atoms with Crippen LogP contribution in [0.3, 0.4) is 0 Å². The van der Waals surface area contributed by atoms with Crippen molar-refractivity contribution in [3.8, 4) is 16.2 Å². The number of likely N-dealkylation sites (tertiary alicyclic amines) is 1. The minimum atomic E-state index is -0.358. The Morgan fingerprint density at radius 3 is 2.81 bits per heavy atom. The summed E-state index contributed by atoms with van der Waals surface area (Å²) in [6, 6.07) is 15.2. The van der Waals surface area contributed by atoms with Gasteiger partial charge in [0.15, 0.2) is 0 Å². The first kappa shape index (κ1) is 23.5. The fraction of sp³-hybridized carbons (Fsp3) is 0.286. The summed E-state index contributed by atoms with van der Waals surface area (Å²) in [7, 11) is 1.57. The van der Waals surface area contributed by atoms with Gasteiger partial charge in [-0.3, -0.25) is 9.59 Å². The summed E-state index contributed by atoms with van der Waals surface area (Å²) in [5.74, 6) is 0.511. The summed E-state index contributed by atoms with van der Waals surface area (Å²) in [4.78, 5) is 38.3. The van der Waals surface area contributed by atoms with E-state index < -0.39 is 0 Å². The third-order valence-electron chi connectivity index (χ3n) is 7.19. The highest BCUT2D eigenvalue weighted by molar-refractivity contribution is 7.15. The number of aromatic nitrogens is 2. The molecule has 6 rings (SSSR count). The minimum Gasteiger partial charge on any atom is -0.496 e. The molecule has 0 radical (unpaired) electrons. The van der Waals surface area contributed by atoms with Crippen molar-refractivity contribution >= 4 is 34.1 Å². The van der Waals surface area contributed by atoms with E-state index in [1.54, 1.807) is 25.3 Å². The number of amides is 2. The largest absolute Gasteiger partial charge is 0.496 e. The van der Waals surface area contributed by atoms with Crippen LogP contribution in [0, 0.1) is 24.6 Å². The molecular formula is C28H25FN4O3S. The highest BCUT2D eigenvalue weighted by atomic mass is 32.1. The van der Waals surface area contributed by atoms with E-state index in [0.717, 1.165) is 16.8 Å². The molecule has 1 aliphatic carbocycles. The van der Waals surface area contributed by atoms with Gasteiger partial charge in [-0.1, -0.05) is 24.3 Å². The van der Waals surface area contributed by atoms with Gasteiger partial charge >= 0.3 is 0 Å². The van der Waals surface area contributed by atoms with Crippen LogP contribution in [0.25, 0.3) is 21.3 Å². The molecular weight excluding hydrogens is 491 g/mol.